The van der Waals surface area contributed by atoms with Gasteiger partial charge in [0.05, 0.1) is 26.3 Å². The van der Waals surface area contributed by atoms with Crippen molar-refractivity contribution in [2.45, 2.75) is 6.42 Å². The predicted molar refractivity (Wildman–Crippen MR) is 88.2 cm³/mol. The summed E-state index contributed by atoms with van der Waals surface area (Å²) in [6.45, 7) is 0. The second-order valence-corrected chi connectivity index (χ2v) is 5.19. The van der Waals surface area contributed by atoms with Gasteiger partial charge in [-0.1, -0.05) is 12.1 Å². The van der Waals surface area contributed by atoms with Crippen molar-refractivity contribution < 1.29 is 19.4 Å². The lowest BCUT2D eigenvalue weighted by Crippen LogP contribution is -2.01. The number of H-pyrrole nitrogens is 1. The molecule has 1 heterocycles. The molecule has 0 saturated heterocycles. The van der Waals surface area contributed by atoms with Gasteiger partial charge in [-0.3, -0.25) is 4.79 Å². The maximum Gasteiger partial charge on any atom is 0.307 e. The van der Waals surface area contributed by atoms with Crippen LogP contribution in [0.1, 0.15) is 5.56 Å². The van der Waals surface area contributed by atoms with E-state index in [4.69, 9.17) is 9.47 Å². The number of nitrogens with one attached hydrogen (secondary N) is 1. The molecule has 5 heteroatoms. The van der Waals surface area contributed by atoms with Gasteiger partial charge in [0.15, 0.2) is 0 Å². The van der Waals surface area contributed by atoms with Crippen molar-refractivity contribution in [2.75, 3.05) is 14.2 Å². The molecule has 3 aromatic rings. The molecule has 5 nitrogen and oxygen atoms in total. The molecule has 0 aliphatic heterocycles. The first-order valence-electron chi connectivity index (χ1n) is 7.17. The van der Waals surface area contributed by atoms with E-state index in [0.717, 1.165) is 33.5 Å². The van der Waals surface area contributed by atoms with E-state index in [1.807, 2.05) is 42.5 Å². The molecule has 2 N–H and O–H groups in total. The molecule has 0 spiro atoms. The van der Waals surface area contributed by atoms with E-state index in [1.165, 1.54) is 0 Å². The van der Waals surface area contributed by atoms with Crippen molar-refractivity contribution in [2.24, 2.45) is 0 Å². The summed E-state index contributed by atoms with van der Waals surface area (Å²) in [4.78, 5) is 14.6. The van der Waals surface area contributed by atoms with Crippen LogP contribution in [0.3, 0.4) is 0 Å². The van der Waals surface area contributed by atoms with Gasteiger partial charge in [0.25, 0.3) is 0 Å². The minimum Gasteiger partial charge on any atom is -0.497 e. The minimum absolute atomic E-state index is 0.0697. The molecule has 3 rings (SSSR count). The molecular formula is C18H17NO4. The monoisotopic (exact) mass is 311 g/mol. The molecule has 0 amide bonds. The molecule has 0 unspecified atom stereocenters. The molecule has 0 fully saturated rings. The van der Waals surface area contributed by atoms with E-state index >= 15 is 0 Å². The van der Waals surface area contributed by atoms with Crippen LogP contribution >= 0.6 is 0 Å². The van der Waals surface area contributed by atoms with Crippen LogP contribution < -0.4 is 9.47 Å². The molecule has 118 valence electrons. The van der Waals surface area contributed by atoms with Crippen molar-refractivity contribution in [1.29, 1.82) is 0 Å². The zero-order valence-electron chi connectivity index (χ0n) is 12.9. The first kappa shape index (κ1) is 15.0. The molecule has 23 heavy (non-hydrogen) atoms. The topological polar surface area (TPSA) is 71.5 Å². The Morgan fingerprint density at radius 2 is 1.83 bits per heavy atom. The van der Waals surface area contributed by atoms with Gasteiger partial charge in [0.1, 0.15) is 11.5 Å². The van der Waals surface area contributed by atoms with Crippen LogP contribution in [-0.4, -0.2) is 30.3 Å². The van der Waals surface area contributed by atoms with Gasteiger partial charge >= 0.3 is 5.97 Å². The van der Waals surface area contributed by atoms with Crippen LogP contribution in [0.4, 0.5) is 0 Å². The van der Waals surface area contributed by atoms with E-state index in [9.17, 15) is 9.90 Å². The Morgan fingerprint density at radius 3 is 2.52 bits per heavy atom. The summed E-state index contributed by atoms with van der Waals surface area (Å²) < 4.78 is 10.5. The predicted octanol–water partition coefficient (Wildman–Crippen LogP) is 3.48. The second kappa shape index (κ2) is 6.04. The van der Waals surface area contributed by atoms with E-state index < -0.39 is 5.97 Å². The summed E-state index contributed by atoms with van der Waals surface area (Å²) in [7, 11) is 3.20. The molecule has 2 aromatic carbocycles. The van der Waals surface area contributed by atoms with Crippen molar-refractivity contribution in [1.82, 2.24) is 4.98 Å². The smallest absolute Gasteiger partial charge is 0.307 e. The Kier molecular flexibility index (Phi) is 3.93. The van der Waals surface area contributed by atoms with Gasteiger partial charge in [-0.2, -0.15) is 0 Å². The number of carboxylic acids is 1. The third-order valence-corrected chi connectivity index (χ3v) is 3.80. The number of methoxy groups -OCH3 is 2. The molecule has 0 aliphatic rings. The van der Waals surface area contributed by atoms with Gasteiger partial charge < -0.3 is 19.6 Å². The normalized spacial score (nSPS) is 10.7. The number of rotatable bonds is 5. The average molecular weight is 311 g/mol. The Hall–Kier alpha value is -2.95. The summed E-state index contributed by atoms with van der Waals surface area (Å²) in [5.41, 5.74) is 3.28. The first-order valence-corrected chi connectivity index (χ1v) is 7.17. The SMILES string of the molecule is COc1cccc(-c2[nH]c3ccc(OC)cc3c2CC(=O)O)c1. The Labute approximate surface area is 133 Å². The highest BCUT2D eigenvalue weighted by Gasteiger charge is 2.17. The standard InChI is InChI=1S/C18H17NO4/c1-22-12-5-3-4-11(8-12)18-15(10-17(20)21)14-9-13(23-2)6-7-16(14)19-18/h3-9,19H,10H2,1-2H3,(H,20,21). The third kappa shape index (κ3) is 2.85. The third-order valence-electron chi connectivity index (χ3n) is 3.80. The maximum absolute atomic E-state index is 11.3. The van der Waals surface area contributed by atoms with Crippen LogP contribution in [0.2, 0.25) is 0 Å². The van der Waals surface area contributed by atoms with Gasteiger partial charge in [0.2, 0.25) is 0 Å². The number of carbonyl (C=O) groups is 1. The minimum atomic E-state index is -0.877. The number of hydrogen-bond acceptors (Lipinski definition) is 3. The largest absolute Gasteiger partial charge is 0.497 e. The van der Waals surface area contributed by atoms with Gasteiger partial charge in [-0.15, -0.1) is 0 Å². The number of ether oxygens (including phenoxy) is 2. The number of aromatic nitrogens is 1. The first-order chi connectivity index (χ1) is 11.1. The molecule has 0 saturated carbocycles. The lowest BCUT2D eigenvalue weighted by molar-refractivity contribution is -0.136. The van der Waals surface area contributed by atoms with E-state index in [-0.39, 0.29) is 6.42 Å². The molecule has 0 bridgehead atoms. The second-order valence-electron chi connectivity index (χ2n) is 5.19. The molecule has 0 aliphatic carbocycles. The number of hydrogen-bond donors (Lipinski definition) is 2. The van der Waals surface area contributed by atoms with Crippen LogP contribution in [0, 0.1) is 0 Å². The number of carboxylic acid groups (broad SMARTS) is 1. The van der Waals surface area contributed by atoms with Crippen molar-refractivity contribution in [3.05, 3.63) is 48.0 Å². The molecule has 0 radical (unpaired) electrons. The molecule has 0 atom stereocenters. The van der Waals surface area contributed by atoms with Gasteiger partial charge in [-0.05, 0) is 35.9 Å². The van der Waals surface area contributed by atoms with Crippen molar-refractivity contribution in [3.63, 3.8) is 0 Å². The van der Waals surface area contributed by atoms with Crippen LogP contribution in [0.15, 0.2) is 42.5 Å². The van der Waals surface area contributed by atoms with Crippen molar-refractivity contribution in [3.8, 4) is 22.8 Å². The highest BCUT2D eigenvalue weighted by molar-refractivity contribution is 5.94. The summed E-state index contributed by atoms with van der Waals surface area (Å²) in [6, 6.07) is 13.1. The van der Waals surface area contributed by atoms with Crippen molar-refractivity contribution >= 4 is 16.9 Å². The van der Waals surface area contributed by atoms with Crippen LogP contribution in [0.5, 0.6) is 11.5 Å². The van der Waals surface area contributed by atoms with Crippen LogP contribution in [0.25, 0.3) is 22.2 Å². The highest BCUT2D eigenvalue weighted by Crippen LogP contribution is 2.34. The Morgan fingerprint density at radius 1 is 1.09 bits per heavy atom. The number of aromatic amines is 1. The summed E-state index contributed by atoms with van der Waals surface area (Å²) in [6.07, 6.45) is -0.0697. The lowest BCUT2D eigenvalue weighted by atomic mass is 10.0. The summed E-state index contributed by atoms with van der Waals surface area (Å²) in [5, 5.41) is 10.1. The average Bonchev–Trinajstić information content (AvgIpc) is 2.92. The summed E-state index contributed by atoms with van der Waals surface area (Å²) in [5.74, 6) is 0.540. The fourth-order valence-corrected chi connectivity index (χ4v) is 2.71. The highest BCUT2D eigenvalue weighted by atomic mass is 16.5. The van der Waals surface area contributed by atoms with E-state index in [1.54, 1.807) is 14.2 Å². The number of aliphatic carboxylic acids is 1. The molecule has 1 aromatic heterocycles. The number of benzene rings is 2. The van der Waals surface area contributed by atoms with Gasteiger partial charge in [-0.25, -0.2) is 0 Å². The fraction of sp³-hybridized carbons (Fsp3) is 0.167. The lowest BCUT2D eigenvalue weighted by Gasteiger charge is -2.06. The van der Waals surface area contributed by atoms with Crippen LogP contribution in [-0.2, 0) is 11.2 Å². The zero-order valence-corrected chi connectivity index (χ0v) is 12.9. The molecular weight excluding hydrogens is 294 g/mol. The van der Waals surface area contributed by atoms with E-state index in [0.29, 0.717) is 5.75 Å². The number of fused-ring (bicyclic) bond motifs is 1. The maximum atomic E-state index is 11.3. The Balaban J connectivity index is 2.23. The fourth-order valence-electron chi connectivity index (χ4n) is 2.71. The quantitative estimate of drug-likeness (QED) is 0.756. The summed E-state index contributed by atoms with van der Waals surface area (Å²) >= 11 is 0. The Bertz CT molecular complexity index is 867. The zero-order chi connectivity index (χ0) is 16.4. The van der Waals surface area contributed by atoms with E-state index in [2.05, 4.69) is 4.98 Å². The van der Waals surface area contributed by atoms with Gasteiger partial charge in [0, 0.05) is 16.5 Å².